The Kier molecular flexibility index (Phi) is 12.9. The van der Waals surface area contributed by atoms with E-state index in [1.807, 2.05) is 0 Å². The van der Waals surface area contributed by atoms with Crippen molar-refractivity contribution in [3.8, 4) is 22.6 Å². The van der Waals surface area contributed by atoms with Crippen molar-refractivity contribution >= 4 is 5.97 Å². The lowest BCUT2D eigenvalue weighted by Gasteiger charge is -2.35. The van der Waals surface area contributed by atoms with Gasteiger partial charge >= 0.3 is 24.5 Å². The number of halogens is 9. The summed E-state index contributed by atoms with van der Waals surface area (Å²) < 4.78 is 135. The summed E-state index contributed by atoms with van der Waals surface area (Å²) in [4.78, 5) is 12.4. The molecule has 0 heterocycles. The highest BCUT2D eigenvalue weighted by Gasteiger charge is 2.39. The third kappa shape index (κ3) is 10.5. The second-order valence-electron chi connectivity index (χ2n) is 12.4. The summed E-state index contributed by atoms with van der Waals surface area (Å²) in [6.07, 6.45) is -17.0. The Balaban J connectivity index is 2.16. The number of aryl methyl sites for hydroxylation is 1. The van der Waals surface area contributed by atoms with Gasteiger partial charge in [0.15, 0.2) is 0 Å². The number of carbonyl (C=O) groups is 1. The number of hydrogen-bond acceptors (Lipinski definition) is 5. The highest BCUT2D eigenvalue weighted by molar-refractivity contribution is 5.76. The zero-order chi connectivity index (χ0) is 37.8. The fraction of sp³-hybridized carbons (Fsp3) is 0.457. The number of carboxylic acids is 1. The molecule has 0 aliphatic rings. The highest BCUT2D eigenvalue weighted by Crippen LogP contribution is 2.42. The number of hydrogen-bond donors (Lipinski definition) is 2. The summed E-state index contributed by atoms with van der Waals surface area (Å²) in [5.41, 5.74) is -3.70. The van der Waals surface area contributed by atoms with E-state index in [0.29, 0.717) is 29.0 Å². The van der Waals surface area contributed by atoms with Gasteiger partial charge in [-0.3, -0.25) is 9.69 Å². The topological polar surface area (TPSA) is 79.2 Å². The van der Waals surface area contributed by atoms with E-state index in [-0.39, 0.29) is 61.4 Å². The molecule has 0 spiro atoms. The predicted molar refractivity (Wildman–Crippen MR) is 167 cm³/mol. The van der Waals surface area contributed by atoms with Crippen LogP contribution in [0.1, 0.15) is 73.1 Å². The lowest BCUT2D eigenvalue weighted by atomic mass is 9.93. The average Bonchev–Trinajstić information content (AvgIpc) is 3.00. The third-order valence-electron chi connectivity index (χ3n) is 7.97. The van der Waals surface area contributed by atoms with Crippen molar-refractivity contribution in [2.75, 3.05) is 20.3 Å². The summed E-state index contributed by atoms with van der Waals surface area (Å²) in [5, 5.41) is 20.2. The fourth-order valence-electron chi connectivity index (χ4n) is 5.46. The summed E-state index contributed by atoms with van der Waals surface area (Å²) >= 11 is 0. The van der Waals surface area contributed by atoms with Crippen LogP contribution in [-0.4, -0.2) is 47.4 Å². The van der Waals surface area contributed by atoms with Crippen molar-refractivity contribution < 1.29 is 64.0 Å². The predicted octanol–water partition coefficient (Wildman–Crippen LogP) is 9.55. The number of rotatable bonds is 14. The van der Waals surface area contributed by atoms with Crippen molar-refractivity contribution in [2.45, 2.75) is 77.8 Å². The van der Waals surface area contributed by atoms with Crippen LogP contribution in [0.3, 0.4) is 0 Å². The molecule has 0 saturated carbocycles. The molecule has 0 fully saturated rings. The minimum absolute atomic E-state index is 0.0297. The van der Waals surface area contributed by atoms with Crippen molar-refractivity contribution in [1.29, 1.82) is 0 Å². The fourth-order valence-corrected chi connectivity index (χ4v) is 5.46. The van der Waals surface area contributed by atoms with E-state index in [1.165, 1.54) is 31.1 Å². The van der Waals surface area contributed by atoms with Crippen LogP contribution in [0.25, 0.3) is 11.1 Å². The monoisotopic (exact) mass is 723 g/mol. The largest absolute Gasteiger partial charge is 0.496 e. The van der Waals surface area contributed by atoms with Gasteiger partial charge in [0.2, 0.25) is 0 Å². The van der Waals surface area contributed by atoms with E-state index >= 15 is 0 Å². The van der Waals surface area contributed by atoms with Crippen molar-refractivity contribution in [2.24, 2.45) is 5.92 Å². The van der Waals surface area contributed by atoms with Crippen LogP contribution >= 0.6 is 0 Å². The van der Waals surface area contributed by atoms with Gasteiger partial charge in [0, 0.05) is 31.1 Å². The molecular weight excluding hydrogens is 685 g/mol. The minimum Gasteiger partial charge on any atom is -0.496 e. The summed E-state index contributed by atoms with van der Waals surface area (Å²) in [5.74, 6) is -0.654. The number of aliphatic carboxylic acids is 1. The molecule has 3 rings (SSSR count). The maximum Gasteiger partial charge on any atom is 0.416 e. The molecule has 2 N–H and O–H groups in total. The zero-order valence-electron chi connectivity index (χ0n) is 27.9. The van der Waals surface area contributed by atoms with E-state index < -0.39 is 58.9 Å². The third-order valence-corrected chi connectivity index (χ3v) is 7.97. The maximum absolute atomic E-state index is 14.0. The standard InChI is InChI=1S/C35H38F9NO5/c1-19(2)17-45(21(4)32(48)22-12-25(34(39,40)41)15-26(13-22)35(42,43)44)18-23-14-24(33(36,37)38)8-9-27(23)28-16-29(20(3)11-30(28)49-5)50-10-6-7-31(46)47/h8-9,11-16,19,21,32,48H,6-7,10,17-18H2,1-5H3,(H,46,47). The lowest BCUT2D eigenvalue weighted by molar-refractivity contribution is -0.143. The van der Waals surface area contributed by atoms with E-state index in [1.54, 1.807) is 26.8 Å². The second kappa shape index (κ2) is 15.9. The van der Waals surface area contributed by atoms with Crippen LogP contribution < -0.4 is 9.47 Å². The molecule has 0 aliphatic carbocycles. The van der Waals surface area contributed by atoms with Crippen molar-refractivity contribution in [3.63, 3.8) is 0 Å². The van der Waals surface area contributed by atoms with Gasteiger partial charge in [0.1, 0.15) is 11.5 Å². The lowest BCUT2D eigenvalue weighted by Crippen LogP contribution is -2.39. The van der Waals surface area contributed by atoms with Crippen LogP contribution in [0.15, 0.2) is 48.5 Å². The van der Waals surface area contributed by atoms with Gasteiger partial charge in [-0.25, -0.2) is 0 Å². The van der Waals surface area contributed by atoms with Gasteiger partial charge in [-0.2, -0.15) is 39.5 Å². The highest BCUT2D eigenvalue weighted by atomic mass is 19.4. The number of aliphatic hydroxyl groups excluding tert-OH is 1. The molecule has 2 atom stereocenters. The SMILES string of the molecule is COc1cc(C)c(OCCCC(=O)O)cc1-c1ccc(C(F)(F)F)cc1CN(CC(C)C)C(C)C(O)c1cc(C(F)(F)F)cc(C(F)(F)F)c1. The van der Waals surface area contributed by atoms with E-state index in [4.69, 9.17) is 14.6 Å². The van der Waals surface area contributed by atoms with E-state index in [0.717, 1.165) is 12.1 Å². The summed E-state index contributed by atoms with van der Waals surface area (Å²) in [6, 6.07) is 5.71. The summed E-state index contributed by atoms with van der Waals surface area (Å²) in [7, 11) is 1.35. The zero-order valence-corrected chi connectivity index (χ0v) is 27.9. The molecule has 2 unspecified atom stereocenters. The molecular formula is C35H38F9NO5. The Morgan fingerprint density at radius 2 is 1.38 bits per heavy atom. The van der Waals surface area contributed by atoms with Gasteiger partial charge < -0.3 is 19.7 Å². The number of ether oxygens (including phenoxy) is 2. The van der Waals surface area contributed by atoms with Gasteiger partial charge in [-0.1, -0.05) is 19.9 Å². The molecule has 15 heteroatoms. The quantitative estimate of drug-likeness (QED) is 0.128. The van der Waals surface area contributed by atoms with Gasteiger partial charge in [0.25, 0.3) is 0 Å². The molecule has 0 amide bonds. The van der Waals surface area contributed by atoms with Crippen LogP contribution in [0.4, 0.5) is 39.5 Å². The van der Waals surface area contributed by atoms with Crippen LogP contribution in [0.5, 0.6) is 11.5 Å². The van der Waals surface area contributed by atoms with E-state index in [2.05, 4.69) is 0 Å². The Morgan fingerprint density at radius 3 is 1.88 bits per heavy atom. The normalized spacial score (nSPS) is 13.9. The molecule has 0 bridgehead atoms. The van der Waals surface area contributed by atoms with Crippen LogP contribution in [-0.2, 0) is 29.9 Å². The van der Waals surface area contributed by atoms with Gasteiger partial charge in [-0.05, 0) is 90.9 Å². The first kappa shape index (κ1) is 40.4. The molecule has 3 aromatic rings. The van der Waals surface area contributed by atoms with Crippen LogP contribution in [0.2, 0.25) is 0 Å². The molecule has 276 valence electrons. The minimum atomic E-state index is -5.16. The maximum atomic E-state index is 14.0. The first-order valence-electron chi connectivity index (χ1n) is 15.5. The van der Waals surface area contributed by atoms with E-state index in [9.17, 15) is 49.4 Å². The molecule has 0 radical (unpaired) electrons. The van der Waals surface area contributed by atoms with Crippen molar-refractivity contribution in [1.82, 2.24) is 4.90 Å². The number of benzene rings is 3. The molecule has 0 aliphatic heterocycles. The first-order chi connectivity index (χ1) is 23.0. The number of aliphatic hydroxyl groups is 1. The number of carboxylic acid groups (broad SMARTS) is 1. The molecule has 0 saturated heterocycles. The Hall–Kier alpha value is -3.98. The average molecular weight is 724 g/mol. The molecule has 6 nitrogen and oxygen atoms in total. The summed E-state index contributed by atoms with van der Waals surface area (Å²) in [6.45, 7) is 6.36. The Morgan fingerprint density at radius 1 is 0.800 bits per heavy atom. The Labute approximate surface area is 283 Å². The molecule has 0 aromatic heterocycles. The number of methoxy groups -OCH3 is 1. The van der Waals surface area contributed by atoms with Gasteiger partial charge in [-0.15, -0.1) is 0 Å². The first-order valence-corrected chi connectivity index (χ1v) is 15.5. The van der Waals surface area contributed by atoms with Gasteiger partial charge in [0.05, 0.1) is 36.5 Å². The van der Waals surface area contributed by atoms with Crippen molar-refractivity contribution in [3.05, 3.63) is 81.9 Å². The number of alkyl halides is 9. The molecule has 50 heavy (non-hydrogen) atoms. The second-order valence-corrected chi connectivity index (χ2v) is 12.4. The Bertz CT molecular complexity index is 1600. The number of nitrogens with zero attached hydrogens (tertiary/aromatic N) is 1. The smallest absolute Gasteiger partial charge is 0.416 e. The molecule has 3 aromatic carbocycles. The van der Waals surface area contributed by atoms with Crippen LogP contribution in [0, 0.1) is 12.8 Å².